The van der Waals surface area contributed by atoms with E-state index in [2.05, 4.69) is 20.9 Å². The Labute approximate surface area is 119 Å². The van der Waals surface area contributed by atoms with Crippen molar-refractivity contribution < 1.29 is 4.39 Å². The second-order valence-corrected chi connectivity index (χ2v) is 5.65. The van der Waals surface area contributed by atoms with E-state index in [0.29, 0.717) is 12.0 Å². The van der Waals surface area contributed by atoms with Gasteiger partial charge >= 0.3 is 0 Å². The quantitative estimate of drug-likeness (QED) is 0.733. The van der Waals surface area contributed by atoms with Gasteiger partial charge in [-0.05, 0) is 24.6 Å². The van der Waals surface area contributed by atoms with Crippen molar-refractivity contribution in [2.24, 2.45) is 0 Å². The number of pyridine rings is 1. The second kappa shape index (κ2) is 5.81. The van der Waals surface area contributed by atoms with Crippen molar-refractivity contribution in [3.63, 3.8) is 0 Å². The number of hydrogen-bond acceptors (Lipinski definition) is 1. The van der Waals surface area contributed by atoms with Gasteiger partial charge in [-0.25, -0.2) is 4.39 Å². The molecule has 0 saturated carbocycles. The molecule has 2 aromatic rings. The minimum Gasteiger partial charge on any atom is -0.261 e. The molecule has 0 aliphatic heterocycles. The van der Waals surface area contributed by atoms with E-state index >= 15 is 0 Å². The maximum absolute atomic E-state index is 13.8. The highest BCUT2D eigenvalue weighted by atomic mass is 79.9. The second-order valence-electron chi connectivity index (χ2n) is 4.14. The summed E-state index contributed by atoms with van der Waals surface area (Å²) in [7, 11) is 0. The lowest BCUT2D eigenvalue weighted by Gasteiger charge is -2.11. The van der Waals surface area contributed by atoms with Crippen LogP contribution in [-0.2, 0) is 6.42 Å². The molecule has 0 bridgehead atoms. The van der Waals surface area contributed by atoms with Gasteiger partial charge < -0.3 is 0 Å². The van der Waals surface area contributed by atoms with Gasteiger partial charge in [0.05, 0.1) is 5.02 Å². The Bertz CT molecular complexity index is 542. The van der Waals surface area contributed by atoms with Crippen LogP contribution in [0.25, 0.3) is 0 Å². The zero-order valence-electron chi connectivity index (χ0n) is 9.83. The number of rotatable bonds is 3. The molecule has 0 N–H and O–H groups in total. The van der Waals surface area contributed by atoms with E-state index in [1.54, 1.807) is 18.2 Å². The van der Waals surface area contributed by atoms with Crippen LogP contribution in [0.5, 0.6) is 0 Å². The summed E-state index contributed by atoms with van der Waals surface area (Å²) in [5.74, 6) is -0.367. The Morgan fingerprint density at radius 2 is 2.11 bits per heavy atom. The first-order valence-electron chi connectivity index (χ1n) is 5.57. The summed E-state index contributed by atoms with van der Waals surface area (Å²) < 4.78 is 13.8. The molecule has 1 atom stereocenters. The molecule has 0 saturated heterocycles. The van der Waals surface area contributed by atoms with E-state index in [4.69, 9.17) is 11.6 Å². The molecule has 94 valence electrons. The first-order chi connectivity index (χ1) is 8.58. The summed E-state index contributed by atoms with van der Waals surface area (Å²) in [6.07, 6.45) is 2.43. The largest absolute Gasteiger partial charge is 0.261 e. The van der Waals surface area contributed by atoms with Gasteiger partial charge in [0, 0.05) is 28.7 Å². The normalized spacial score (nSPS) is 12.4. The average Bonchev–Trinajstić information content (AvgIpc) is 2.35. The van der Waals surface area contributed by atoms with Gasteiger partial charge in [0.25, 0.3) is 0 Å². The number of aromatic nitrogens is 1. The van der Waals surface area contributed by atoms with Crippen LogP contribution in [0.15, 0.2) is 36.5 Å². The maximum Gasteiger partial charge on any atom is 0.146 e. The Kier molecular flexibility index (Phi) is 4.36. The molecular formula is C14H12BrClFN. The summed E-state index contributed by atoms with van der Waals surface area (Å²) >= 11 is 9.26. The Balaban J connectivity index is 2.19. The van der Waals surface area contributed by atoms with Crippen LogP contribution in [0, 0.1) is 12.7 Å². The number of alkyl halides is 1. The fourth-order valence-corrected chi connectivity index (χ4v) is 2.54. The molecule has 18 heavy (non-hydrogen) atoms. The SMILES string of the molecule is Cc1ccc(CC(Br)c2cccc(Cl)c2F)nc1. The van der Waals surface area contributed by atoms with Crippen molar-refractivity contribution >= 4 is 27.5 Å². The molecule has 1 aromatic heterocycles. The number of halogens is 3. The minimum absolute atomic E-state index is 0.133. The van der Waals surface area contributed by atoms with E-state index in [1.165, 1.54) is 0 Å². The number of hydrogen-bond donors (Lipinski definition) is 0. The molecule has 0 amide bonds. The van der Waals surface area contributed by atoms with Crippen LogP contribution >= 0.6 is 27.5 Å². The van der Waals surface area contributed by atoms with Crippen molar-refractivity contribution in [1.29, 1.82) is 0 Å². The summed E-state index contributed by atoms with van der Waals surface area (Å²) in [4.78, 5) is 4.18. The number of nitrogens with zero attached hydrogens (tertiary/aromatic N) is 1. The first kappa shape index (κ1) is 13.5. The van der Waals surface area contributed by atoms with Crippen LogP contribution in [-0.4, -0.2) is 4.98 Å². The lowest BCUT2D eigenvalue weighted by molar-refractivity contribution is 0.608. The van der Waals surface area contributed by atoms with Crippen LogP contribution in [0.3, 0.4) is 0 Å². The fraction of sp³-hybridized carbons (Fsp3) is 0.214. The molecule has 1 unspecified atom stereocenters. The van der Waals surface area contributed by atoms with E-state index in [0.717, 1.165) is 11.3 Å². The van der Waals surface area contributed by atoms with Crippen molar-refractivity contribution in [3.05, 3.63) is 64.2 Å². The fourth-order valence-electron chi connectivity index (χ4n) is 1.68. The minimum atomic E-state index is -0.367. The molecule has 1 aromatic carbocycles. The van der Waals surface area contributed by atoms with Crippen LogP contribution in [0.1, 0.15) is 21.6 Å². The molecule has 1 nitrogen and oxygen atoms in total. The van der Waals surface area contributed by atoms with Crippen LogP contribution < -0.4 is 0 Å². The third-order valence-corrected chi connectivity index (χ3v) is 3.79. The summed E-state index contributed by atoms with van der Waals surface area (Å²) in [6, 6.07) is 8.97. The molecule has 4 heteroatoms. The summed E-state index contributed by atoms with van der Waals surface area (Å²) in [6.45, 7) is 1.99. The van der Waals surface area contributed by atoms with Gasteiger partial charge in [-0.2, -0.15) is 0 Å². The molecule has 0 aliphatic rings. The molecule has 0 spiro atoms. The van der Waals surface area contributed by atoms with Gasteiger partial charge in [0.15, 0.2) is 0 Å². The number of aryl methyl sites for hydroxylation is 1. The highest BCUT2D eigenvalue weighted by Gasteiger charge is 2.15. The summed E-state index contributed by atoms with van der Waals surface area (Å²) in [5, 5.41) is 0.147. The molecule has 0 fully saturated rings. The Morgan fingerprint density at radius 3 is 2.78 bits per heavy atom. The maximum atomic E-state index is 13.8. The van der Waals surface area contributed by atoms with Crippen LogP contribution in [0.2, 0.25) is 5.02 Å². The predicted octanol–water partition coefficient (Wildman–Crippen LogP) is 4.86. The van der Waals surface area contributed by atoms with Crippen molar-refractivity contribution in [3.8, 4) is 0 Å². The molecule has 2 rings (SSSR count). The van der Waals surface area contributed by atoms with E-state index in [9.17, 15) is 4.39 Å². The number of benzene rings is 1. The Hall–Kier alpha value is -0.930. The van der Waals surface area contributed by atoms with Gasteiger partial charge in [-0.3, -0.25) is 4.98 Å². The zero-order valence-corrected chi connectivity index (χ0v) is 12.2. The molecule has 0 aliphatic carbocycles. The van der Waals surface area contributed by atoms with E-state index in [-0.39, 0.29) is 15.7 Å². The molecular weight excluding hydrogens is 317 g/mol. The van der Waals surface area contributed by atoms with Gasteiger partial charge in [0.1, 0.15) is 5.82 Å². The zero-order chi connectivity index (χ0) is 13.1. The molecule has 1 heterocycles. The first-order valence-corrected chi connectivity index (χ1v) is 6.87. The monoisotopic (exact) mass is 327 g/mol. The van der Waals surface area contributed by atoms with E-state index < -0.39 is 0 Å². The molecule has 0 radical (unpaired) electrons. The predicted molar refractivity (Wildman–Crippen MR) is 75.8 cm³/mol. The van der Waals surface area contributed by atoms with Crippen molar-refractivity contribution in [1.82, 2.24) is 4.98 Å². The third-order valence-electron chi connectivity index (χ3n) is 2.68. The average molecular weight is 329 g/mol. The van der Waals surface area contributed by atoms with Gasteiger partial charge in [-0.1, -0.05) is 45.7 Å². The standard InChI is InChI=1S/C14H12BrClFN/c1-9-5-6-10(18-8-9)7-12(15)11-3-2-4-13(16)14(11)17/h2-6,8,12H,7H2,1H3. The summed E-state index contributed by atoms with van der Waals surface area (Å²) in [5.41, 5.74) is 2.59. The van der Waals surface area contributed by atoms with E-state index in [1.807, 2.05) is 25.3 Å². The third kappa shape index (κ3) is 3.09. The van der Waals surface area contributed by atoms with Crippen molar-refractivity contribution in [2.45, 2.75) is 18.2 Å². The Morgan fingerprint density at radius 1 is 1.33 bits per heavy atom. The topological polar surface area (TPSA) is 12.9 Å². The van der Waals surface area contributed by atoms with Crippen LogP contribution in [0.4, 0.5) is 4.39 Å². The van der Waals surface area contributed by atoms with Gasteiger partial charge in [-0.15, -0.1) is 0 Å². The highest BCUT2D eigenvalue weighted by molar-refractivity contribution is 9.09. The highest BCUT2D eigenvalue weighted by Crippen LogP contribution is 2.31. The smallest absolute Gasteiger partial charge is 0.146 e. The lowest BCUT2D eigenvalue weighted by Crippen LogP contribution is -2.00. The van der Waals surface area contributed by atoms with Gasteiger partial charge in [0.2, 0.25) is 0 Å². The van der Waals surface area contributed by atoms with Crippen molar-refractivity contribution in [2.75, 3.05) is 0 Å². The lowest BCUT2D eigenvalue weighted by atomic mass is 10.1.